The molecule has 0 unspecified atom stereocenters. The van der Waals surface area contributed by atoms with Crippen LogP contribution in [0.1, 0.15) is 17.6 Å². The van der Waals surface area contributed by atoms with Gasteiger partial charge in [0.25, 0.3) is 0 Å². The zero-order chi connectivity index (χ0) is 9.52. The van der Waals surface area contributed by atoms with Gasteiger partial charge >= 0.3 is 0 Å². The van der Waals surface area contributed by atoms with E-state index in [0.717, 1.165) is 18.1 Å². The van der Waals surface area contributed by atoms with Gasteiger partial charge in [0, 0.05) is 24.2 Å². The van der Waals surface area contributed by atoms with Crippen molar-refractivity contribution in [2.75, 3.05) is 18.1 Å². The minimum atomic E-state index is 0.911. The molecule has 0 amide bonds. The van der Waals surface area contributed by atoms with Crippen LogP contribution in [0.2, 0.25) is 0 Å². The first-order valence-corrected chi connectivity index (χ1v) is 6.56. The minimum Gasteiger partial charge on any atom is -0.310 e. The second-order valence-corrected chi connectivity index (χ2v) is 5.19. The summed E-state index contributed by atoms with van der Waals surface area (Å²) >= 11 is 3.68. The second-order valence-electron chi connectivity index (χ2n) is 2.73. The van der Waals surface area contributed by atoms with Gasteiger partial charge < -0.3 is 5.32 Å². The molecule has 2 nitrogen and oxygen atoms in total. The molecule has 13 heavy (non-hydrogen) atoms. The number of nitrogens with zero attached hydrogens (tertiary/aromatic N) is 1. The molecule has 0 spiro atoms. The third kappa shape index (κ3) is 4.64. The van der Waals surface area contributed by atoms with Crippen LogP contribution in [-0.2, 0) is 6.54 Å². The normalized spacial score (nSPS) is 10.6. The van der Waals surface area contributed by atoms with Crippen molar-refractivity contribution in [2.45, 2.75) is 20.4 Å². The van der Waals surface area contributed by atoms with Gasteiger partial charge in [0.15, 0.2) is 0 Å². The summed E-state index contributed by atoms with van der Waals surface area (Å²) in [6.45, 7) is 6.22. The molecule has 4 heteroatoms. The number of thiazole rings is 1. The summed E-state index contributed by atoms with van der Waals surface area (Å²) < 4.78 is 0. The van der Waals surface area contributed by atoms with E-state index in [2.05, 4.69) is 22.6 Å². The van der Waals surface area contributed by atoms with Gasteiger partial charge in [-0.1, -0.05) is 6.92 Å². The predicted octanol–water partition coefficient (Wildman–Crippen LogP) is 2.29. The van der Waals surface area contributed by atoms with Crippen molar-refractivity contribution in [1.29, 1.82) is 0 Å². The maximum Gasteiger partial charge on any atom is 0.0897 e. The van der Waals surface area contributed by atoms with E-state index in [4.69, 9.17) is 0 Å². The zero-order valence-corrected chi connectivity index (χ0v) is 9.80. The Morgan fingerprint density at radius 1 is 1.62 bits per heavy atom. The molecule has 0 aliphatic rings. The Kier molecular flexibility index (Phi) is 5.43. The summed E-state index contributed by atoms with van der Waals surface area (Å²) in [7, 11) is 0. The molecule has 0 saturated heterocycles. The third-order valence-corrected chi connectivity index (χ3v) is 3.32. The molecule has 1 aromatic heterocycles. The predicted molar refractivity (Wildman–Crippen MR) is 61.6 cm³/mol. The highest BCUT2D eigenvalue weighted by Gasteiger charge is 1.96. The topological polar surface area (TPSA) is 24.9 Å². The summed E-state index contributed by atoms with van der Waals surface area (Å²) in [5.41, 5.74) is 1.17. The van der Waals surface area contributed by atoms with Crippen LogP contribution in [0.15, 0.2) is 5.38 Å². The van der Waals surface area contributed by atoms with E-state index < -0.39 is 0 Å². The first kappa shape index (κ1) is 11.0. The molecule has 1 N–H and O–H groups in total. The standard InChI is InChI=1S/C9H16N2S2/c1-3-12-5-4-10-6-9-7-13-8(2)11-9/h7,10H,3-6H2,1-2H3. The van der Waals surface area contributed by atoms with E-state index in [1.807, 2.05) is 18.7 Å². The SMILES string of the molecule is CCSCCNCc1csc(C)n1. The second kappa shape index (κ2) is 6.40. The lowest BCUT2D eigenvalue weighted by Crippen LogP contribution is -2.16. The van der Waals surface area contributed by atoms with Crippen molar-refractivity contribution in [3.63, 3.8) is 0 Å². The van der Waals surface area contributed by atoms with Crippen LogP contribution in [0, 0.1) is 6.92 Å². The Labute approximate surface area is 88.2 Å². The molecular weight excluding hydrogens is 200 g/mol. The lowest BCUT2D eigenvalue weighted by molar-refractivity contribution is 0.718. The number of hydrogen-bond acceptors (Lipinski definition) is 4. The van der Waals surface area contributed by atoms with Crippen LogP contribution >= 0.6 is 23.1 Å². The molecule has 0 aliphatic heterocycles. The van der Waals surface area contributed by atoms with E-state index in [1.54, 1.807) is 11.3 Å². The largest absolute Gasteiger partial charge is 0.310 e. The molecule has 74 valence electrons. The molecule has 0 saturated carbocycles. The molecule has 0 radical (unpaired) electrons. The van der Waals surface area contributed by atoms with Crippen LogP contribution < -0.4 is 5.32 Å². The molecule has 1 rings (SSSR count). The van der Waals surface area contributed by atoms with E-state index in [1.165, 1.54) is 17.2 Å². The van der Waals surface area contributed by atoms with Gasteiger partial charge in [-0.2, -0.15) is 11.8 Å². The van der Waals surface area contributed by atoms with E-state index in [0.29, 0.717) is 0 Å². The quantitative estimate of drug-likeness (QED) is 0.739. The van der Waals surface area contributed by atoms with Crippen molar-refractivity contribution in [3.05, 3.63) is 16.1 Å². The van der Waals surface area contributed by atoms with Gasteiger partial charge in [-0.3, -0.25) is 0 Å². The van der Waals surface area contributed by atoms with Crippen molar-refractivity contribution >= 4 is 23.1 Å². The van der Waals surface area contributed by atoms with Crippen LogP contribution in [-0.4, -0.2) is 23.0 Å². The van der Waals surface area contributed by atoms with Crippen LogP contribution in [0.3, 0.4) is 0 Å². The van der Waals surface area contributed by atoms with Gasteiger partial charge in [0.2, 0.25) is 0 Å². The maximum atomic E-state index is 4.38. The Balaban J connectivity index is 2.06. The molecular formula is C9H16N2S2. The monoisotopic (exact) mass is 216 g/mol. The Bertz CT molecular complexity index is 235. The van der Waals surface area contributed by atoms with Crippen LogP contribution in [0.5, 0.6) is 0 Å². The molecule has 0 bridgehead atoms. The lowest BCUT2D eigenvalue weighted by Gasteiger charge is -2.00. The zero-order valence-electron chi connectivity index (χ0n) is 8.17. The first-order chi connectivity index (χ1) is 6.33. The number of nitrogens with one attached hydrogen (secondary N) is 1. The number of thioether (sulfide) groups is 1. The maximum absolute atomic E-state index is 4.38. The number of hydrogen-bond donors (Lipinski definition) is 1. The first-order valence-electron chi connectivity index (χ1n) is 4.52. The highest BCUT2D eigenvalue weighted by Crippen LogP contribution is 2.07. The minimum absolute atomic E-state index is 0.911. The fraction of sp³-hybridized carbons (Fsp3) is 0.667. The summed E-state index contributed by atoms with van der Waals surface area (Å²) in [6.07, 6.45) is 0. The van der Waals surface area contributed by atoms with E-state index >= 15 is 0 Å². The lowest BCUT2D eigenvalue weighted by atomic mass is 10.5. The molecule has 0 aromatic carbocycles. The van der Waals surface area contributed by atoms with Gasteiger partial charge in [0.05, 0.1) is 10.7 Å². The summed E-state index contributed by atoms with van der Waals surface area (Å²) in [5.74, 6) is 2.40. The molecule has 1 aromatic rings. The van der Waals surface area contributed by atoms with Gasteiger partial charge in [-0.15, -0.1) is 11.3 Å². The highest BCUT2D eigenvalue weighted by molar-refractivity contribution is 7.99. The van der Waals surface area contributed by atoms with Crippen LogP contribution in [0.25, 0.3) is 0 Å². The molecule has 0 fully saturated rings. The van der Waals surface area contributed by atoms with Crippen molar-refractivity contribution in [2.24, 2.45) is 0 Å². The Morgan fingerprint density at radius 3 is 3.08 bits per heavy atom. The van der Waals surface area contributed by atoms with Gasteiger partial charge in [-0.05, 0) is 12.7 Å². The molecule has 0 atom stereocenters. The number of aromatic nitrogens is 1. The fourth-order valence-corrected chi connectivity index (χ4v) is 2.18. The van der Waals surface area contributed by atoms with E-state index in [9.17, 15) is 0 Å². The number of rotatable bonds is 6. The Hall–Kier alpha value is -0.0600. The van der Waals surface area contributed by atoms with Gasteiger partial charge in [-0.25, -0.2) is 4.98 Å². The van der Waals surface area contributed by atoms with Gasteiger partial charge in [0.1, 0.15) is 0 Å². The summed E-state index contributed by atoms with van der Waals surface area (Å²) in [5, 5.41) is 6.65. The fourth-order valence-electron chi connectivity index (χ4n) is 0.995. The van der Waals surface area contributed by atoms with Crippen molar-refractivity contribution < 1.29 is 0 Å². The smallest absolute Gasteiger partial charge is 0.0897 e. The number of aryl methyl sites for hydroxylation is 1. The average Bonchev–Trinajstić information content (AvgIpc) is 2.51. The van der Waals surface area contributed by atoms with Crippen molar-refractivity contribution in [1.82, 2.24) is 10.3 Å². The average molecular weight is 216 g/mol. The summed E-state index contributed by atoms with van der Waals surface area (Å²) in [6, 6.07) is 0. The van der Waals surface area contributed by atoms with E-state index in [-0.39, 0.29) is 0 Å². The third-order valence-electron chi connectivity index (χ3n) is 1.60. The summed E-state index contributed by atoms with van der Waals surface area (Å²) in [4.78, 5) is 4.38. The molecule has 1 heterocycles. The Morgan fingerprint density at radius 2 is 2.46 bits per heavy atom. The highest BCUT2D eigenvalue weighted by atomic mass is 32.2. The molecule has 0 aliphatic carbocycles. The van der Waals surface area contributed by atoms with Crippen LogP contribution in [0.4, 0.5) is 0 Å². The van der Waals surface area contributed by atoms with Crippen molar-refractivity contribution in [3.8, 4) is 0 Å².